The fourth-order valence-electron chi connectivity index (χ4n) is 1.10. The van der Waals surface area contributed by atoms with Gasteiger partial charge >= 0.3 is 0 Å². The first kappa shape index (κ1) is 9.69. The van der Waals surface area contributed by atoms with Crippen LogP contribution in [0, 0.1) is 0 Å². The van der Waals surface area contributed by atoms with E-state index >= 15 is 0 Å². The van der Waals surface area contributed by atoms with Gasteiger partial charge in [0.05, 0.1) is 0 Å². The maximum absolute atomic E-state index is 10.1. The summed E-state index contributed by atoms with van der Waals surface area (Å²) in [6.45, 7) is 6.91. The third kappa shape index (κ3) is 2.14. The minimum atomic E-state index is -1.59. The van der Waals surface area contributed by atoms with Crippen LogP contribution in [0.15, 0.2) is 0 Å². The first-order chi connectivity index (χ1) is 4.74. The Labute approximate surface area is 63.7 Å². The van der Waals surface area contributed by atoms with Gasteiger partial charge in [0.25, 0.3) is 14.8 Å². The van der Waals surface area contributed by atoms with Crippen LogP contribution in [0.2, 0.25) is 18.1 Å². The maximum atomic E-state index is 10.1. The molecule has 0 atom stereocenters. The molecule has 0 amide bonds. The molecule has 0 aliphatic carbocycles. The van der Waals surface area contributed by atoms with Crippen LogP contribution in [-0.2, 0) is 9.22 Å². The molecule has 0 bridgehead atoms. The van der Waals surface area contributed by atoms with E-state index in [0.29, 0.717) is 6.47 Å². The molecule has 60 valence electrons. The Balaban J connectivity index is 4.00. The Morgan fingerprint density at radius 2 is 1.60 bits per heavy atom. The predicted molar refractivity (Wildman–Crippen MR) is 44.3 cm³/mol. The van der Waals surface area contributed by atoms with Gasteiger partial charge in [-0.05, 0) is 18.1 Å². The van der Waals surface area contributed by atoms with Crippen molar-refractivity contribution in [1.29, 1.82) is 0 Å². The van der Waals surface area contributed by atoms with E-state index in [1.807, 2.05) is 0 Å². The third-order valence-electron chi connectivity index (χ3n) is 2.23. The van der Waals surface area contributed by atoms with E-state index in [9.17, 15) is 4.79 Å². The first-order valence-electron chi connectivity index (χ1n) is 3.86. The SMILES string of the molecule is CC[Si](CC)(CC)OC=O. The van der Waals surface area contributed by atoms with Gasteiger partial charge in [-0.2, -0.15) is 0 Å². The molecule has 0 saturated carbocycles. The van der Waals surface area contributed by atoms with Crippen LogP contribution in [0.25, 0.3) is 0 Å². The molecule has 0 N–H and O–H groups in total. The van der Waals surface area contributed by atoms with Crippen LogP contribution in [0.3, 0.4) is 0 Å². The molecule has 0 aromatic rings. The number of carbonyl (C=O) groups is 1. The van der Waals surface area contributed by atoms with Gasteiger partial charge in [0.1, 0.15) is 0 Å². The van der Waals surface area contributed by atoms with Crippen LogP contribution in [-0.4, -0.2) is 14.8 Å². The zero-order valence-electron chi connectivity index (χ0n) is 7.02. The average Bonchev–Trinajstić information content (AvgIpc) is 2.01. The maximum Gasteiger partial charge on any atom is 0.279 e. The molecule has 3 heteroatoms. The predicted octanol–water partition coefficient (Wildman–Crippen LogP) is 2.16. The van der Waals surface area contributed by atoms with Crippen LogP contribution >= 0.6 is 0 Å². The summed E-state index contributed by atoms with van der Waals surface area (Å²) in [4.78, 5) is 10.1. The highest BCUT2D eigenvalue weighted by molar-refractivity contribution is 6.74. The van der Waals surface area contributed by atoms with E-state index in [2.05, 4.69) is 20.8 Å². The smallest absolute Gasteiger partial charge is 0.279 e. The number of carbonyl (C=O) groups excluding carboxylic acids is 1. The first-order valence-corrected chi connectivity index (χ1v) is 6.39. The van der Waals surface area contributed by atoms with Crippen molar-refractivity contribution >= 4 is 14.8 Å². The fraction of sp³-hybridized carbons (Fsp3) is 0.857. The van der Waals surface area contributed by atoms with E-state index in [0.717, 1.165) is 18.1 Å². The topological polar surface area (TPSA) is 26.3 Å². The summed E-state index contributed by atoms with van der Waals surface area (Å²) in [5, 5.41) is 0. The summed E-state index contributed by atoms with van der Waals surface area (Å²) in [5.74, 6) is 0. The van der Waals surface area contributed by atoms with Crippen LogP contribution < -0.4 is 0 Å². The van der Waals surface area contributed by atoms with Gasteiger partial charge in [-0.25, -0.2) is 0 Å². The fourth-order valence-corrected chi connectivity index (χ4v) is 3.31. The summed E-state index contributed by atoms with van der Waals surface area (Å²) in [7, 11) is -1.59. The summed E-state index contributed by atoms with van der Waals surface area (Å²) in [5.41, 5.74) is 0. The lowest BCUT2D eigenvalue weighted by Crippen LogP contribution is -2.35. The van der Waals surface area contributed by atoms with Gasteiger partial charge in [-0.3, -0.25) is 4.79 Å². The molecule has 10 heavy (non-hydrogen) atoms. The van der Waals surface area contributed by atoms with E-state index in [1.54, 1.807) is 0 Å². The minimum Gasteiger partial charge on any atom is -0.521 e. The molecular formula is C7H16O2Si. The van der Waals surface area contributed by atoms with Crippen molar-refractivity contribution in [2.75, 3.05) is 0 Å². The molecule has 0 fully saturated rings. The number of hydrogen-bond donors (Lipinski definition) is 0. The molecule has 0 spiro atoms. The molecule has 0 aliphatic rings. The van der Waals surface area contributed by atoms with Crippen molar-refractivity contribution in [2.45, 2.75) is 38.9 Å². The molecule has 0 rings (SSSR count). The Bertz CT molecular complexity index is 91.5. The molecule has 0 aromatic heterocycles. The second kappa shape index (κ2) is 4.49. The molecule has 0 unspecified atom stereocenters. The van der Waals surface area contributed by atoms with Gasteiger partial charge in [0, 0.05) is 0 Å². The van der Waals surface area contributed by atoms with Crippen molar-refractivity contribution in [3.63, 3.8) is 0 Å². The monoisotopic (exact) mass is 160 g/mol. The molecule has 0 saturated heterocycles. The Morgan fingerprint density at radius 3 is 1.70 bits per heavy atom. The third-order valence-corrected chi connectivity index (χ3v) is 6.69. The molecule has 2 nitrogen and oxygen atoms in total. The van der Waals surface area contributed by atoms with Crippen molar-refractivity contribution in [2.24, 2.45) is 0 Å². The summed E-state index contributed by atoms with van der Waals surface area (Å²) >= 11 is 0. The van der Waals surface area contributed by atoms with Crippen molar-refractivity contribution in [3.8, 4) is 0 Å². The lowest BCUT2D eigenvalue weighted by Gasteiger charge is -2.24. The Hall–Kier alpha value is -0.313. The highest BCUT2D eigenvalue weighted by Gasteiger charge is 2.29. The average molecular weight is 160 g/mol. The van der Waals surface area contributed by atoms with Gasteiger partial charge in [-0.15, -0.1) is 0 Å². The van der Waals surface area contributed by atoms with Gasteiger partial charge in [0.2, 0.25) is 0 Å². The van der Waals surface area contributed by atoms with Crippen LogP contribution in [0.5, 0.6) is 0 Å². The lowest BCUT2D eigenvalue weighted by atomic mass is 10.9. The summed E-state index contributed by atoms with van der Waals surface area (Å²) in [6, 6.07) is 3.12. The molecular weight excluding hydrogens is 144 g/mol. The van der Waals surface area contributed by atoms with Crippen molar-refractivity contribution in [1.82, 2.24) is 0 Å². The number of rotatable bonds is 5. The van der Waals surface area contributed by atoms with E-state index < -0.39 is 8.32 Å². The lowest BCUT2D eigenvalue weighted by molar-refractivity contribution is -0.121. The Morgan fingerprint density at radius 1 is 1.20 bits per heavy atom. The normalized spacial score (nSPS) is 11.1. The summed E-state index contributed by atoms with van der Waals surface area (Å²) in [6.07, 6.45) is 0. The van der Waals surface area contributed by atoms with Gasteiger partial charge in [-0.1, -0.05) is 20.8 Å². The Kier molecular flexibility index (Phi) is 4.35. The number of hydrogen-bond acceptors (Lipinski definition) is 2. The summed E-state index contributed by atoms with van der Waals surface area (Å²) < 4.78 is 5.14. The largest absolute Gasteiger partial charge is 0.521 e. The van der Waals surface area contributed by atoms with Crippen molar-refractivity contribution < 1.29 is 9.22 Å². The molecule has 0 aliphatic heterocycles. The van der Waals surface area contributed by atoms with E-state index in [-0.39, 0.29) is 0 Å². The van der Waals surface area contributed by atoms with Crippen LogP contribution in [0.4, 0.5) is 0 Å². The van der Waals surface area contributed by atoms with Crippen molar-refractivity contribution in [3.05, 3.63) is 0 Å². The zero-order chi connectivity index (χ0) is 8.04. The van der Waals surface area contributed by atoms with Gasteiger partial charge < -0.3 is 4.43 Å². The van der Waals surface area contributed by atoms with Crippen LogP contribution in [0.1, 0.15) is 20.8 Å². The van der Waals surface area contributed by atoms with E-state index in [4.69, 9.17) is 4.43 Å². The molecule has 0 radical (unpaired) electrons. The highest BCUT2D eigenvalue weighted by atomic mass is 28.4. The highest BCUT2D eigenvalue weighted by Crippen LogP contribution is 2.19. The second-order valence-corrected chi connectivity index (χ2v) is 7.18. The minimum absolute atomic E-state index is 0.614. The second-order valence-electron chi connectivity index (χ2n) is 2.46. The zero-order valence-corrected chi connectivity index (χ0v) is 8.02. The van der Waals surface area contributed by atoms with E-state index in [1.165, 1.54) is 0 Å². The molecule has 0 heterocycles. The molecule has 0 aromatic carbocycles. The quantitative estimate of drug-likeness (QED) is 0.455. The standard InChI is InChI=1S/C7H16O2Si/c1-4-10(5-2,6-3)9-7-8/h7H,4-6H2,1-3H3. The van der Waals surface area contributed by atoms with Gasteiger partial charge in [0.15, 0.2) is 0 Å².